The summed E-state index contributed by atoms with van der Waals surface area (Å²) in [6, 6.07) is 0. The van der Waals surface area contributed by atoms with Crippen LogP contribution >= 0.6 is 0 Å². The summed E-state index contributed by atoms with van der Waals surface area (Å²) in [5.74, 6) is 0.332. The van der Waals surface area contributed by atoms with E-state index in [1.807, 2.05) is 27.7 Å². The summed E-state index contributed by atoms with van der Waals surface area (Å²) < 4.78 is 0. The first-order valence-electron chi connectivity index (χ1n) is 10.8. The molecule has 0 heterocycles. The molecule has 0 atom stereocenters. The number of rotatable bonds is 17. The molecule has 6 nitrogen and oxygen atoms in total. The van der Waals surface area contributed by atoms with Gasteiger partial charge in [0.25, 0.3) is 0 Å². The van der Waals surface area contributed by atoms with Gasteiger partial charge < -0.3 is 10.6 Å². The van der Waals surface area contributed by atoms with Crippen molar-refractivity contribution in [2.45, 2.75) is 91.9 Å². The predicted octanol–water partition coefficient (Wildman–Crippen LogP) is 3.57. The van der Waals surface area contributed by atoms with Crippen molar-refractivity contribution in [1.82, 2.24) is 10.6 Å². The van der Waals surface area contributed by atoms with Crippen LogP contribution in [0.25, 0.3) is 0 Å². The van der Waals surface area contributed by atoms with Crippen molar-refractivity contribution in [3.63, 3.8) is 0 Å². The van der Waals surface area contributed by atoms with Crippen molar-refractivity contribution in [1.29, 1.82) is 0 Å². The van der Waals surface area contributed by atoms with E-state index in [0.29, 0.717) is 32.2 Å². The van der Waals surface area contributed by atoms with Crippen molar-refractivity contribution in [3.05, 3.63) is 0 Å². The first kappa shape index (κ1) is 26.3. The van der Waals surface area contributed by atoms with Crippen molar-refractivity contribution < 1.29 is 19.2 Å². The average Bonchev–Trinajstić information content (AvgIpc) is 2.64. The van der Waals surface area contributed by atoms with Crippen LogP contribution in [0.2, 0.25) is 0 Å². The van der Waals surface area contributed by atoms with Crippen LogP contribution in [-0.2, 0) is 19.2 Å². The predicted molar refractivity (Wildman–Crippen MR) is 112 cm³/mol. The van der Waals surface area contributed by atoms with E-state index in [1.165, 1.54) is 0 Å². The van der Waals surface area contributed by atoms with Crippen molar-refractivity contribution in [2.24, 2.45) is 11.8 Å². The van der Waals surface area contributed by atoms with E-state index >= 15 is 0 Å². The van der Waals surface area contributed by atoms with Crippen LogP contribution in [0.15, 0.2) is 0 Å². The maximum atomic E-state index is 11.7. The van der Waals surface area contributed by atoms with Crippen molar-refractivity contribution in [2.75, 3.05) is 13.1 Å². The number of hydrogen-bond donors (Lipinski definition) is 2. The summed E-state index contributed by atoms with van der Waals surface area (Å²) in [6.45, 7) is 8.15. The summed E-state index contributed by atoms with van der Waals surface area (Å²) >= 11 is 0. The molecular weight excluding hydrogens is 356 g/mol. The van der Waals surface area contributed by atoms with E-state index in [9.17, 15) is 19.2 Å². The second-order valence-electron chi connectivity index (χ2n) is 8.09. The highest BCUT2D eigenvalue weighted by atomic mass is 16.2. The van der Waals surface area contributed by atoms with Gasteiger partial charge in [-0.05, 0) is 19.3 Å². The number of nitrogens with one attached hydrogen (secondary N) is 2. The third-order valence-electron chi connectivity index (χ3n) is 4.73. The first-order chi connectivity index (χ1) is 13.2. The minimum Gasteiger partial charge on any atom is -0.356 e. The number of carbonyl (C=O) groups excluding carboxylic acids is 4. The van der Waals surface area contributed by atoms with Crippen LogP contribution in [0.1, 0.15) is 91.9 Å². The van der Waals surface area contributed by atoms with Gasteiger partial charge in [0.2, 0.25) is 11.8 Å². The van der Waals surface area contributed by atoms with Crippen molar-refractivity contribution >= 4 is 23.4 Å². The molecule has 0 aromatic heterocycles. The molecule has 28 heavy (non-hydrogen) atoms. The Morgan fingerprint density at radius 3 is 1.54 bits per heavy atom. The number of unbranched alkanes of at least 4 members (excludes halogenated alkanes) is 5. The summed E-state index contributed by atoms with van der Waals surface area (Å²) in [4.78, 5) is 46.3. The Balaban J connectivity index is 3.45. The van der Waals surface area contributed by atoms with Crippen LogP contribution in [0, 0.1) is 11.8 Å². The van der Waals surface area contributed by atoms with Gasteiger partial charge in [-0.1, -0.05) is 53.4 Å². The zero-order valence-electron chi connectivity index (χ0n) is 18.3. The Bertz CT molecular complexity index is 487. The molecule has 0 rings (SSSR count). The Morgan fingerprint density at radius 2 is 1.04 bits per heavy atom. The standard InChI is InChI=1S/C22H40N2O4/c1-17(2)19(25)12-11-15-23-21(27)13-9-7-5-6-8-10-14-22(28)24-16-20(26)18(3)4/h17-18H,5-16H2,1-4H3,(H,23,27)(H,24,28). The highest BCUT2D eigenvalue weighted by molar-refractivity contribution is 5.87. The van der Waals surface area contributed by atoms with E-state index in [1.54, 1.807) is 0 Å². The van der Waals surface area contributed by atoms with Crippen LogP contribution in [-0.4, -0.2) is 36.5 Å². The zero-order valence-corrected chi connectivity index (χ0v) is 18.3. The highest BCUT2D eigenvalue weighted by Gasteiger charge is 2.09. The van der Waals surface area contributed by atoms with E-state index in [-0.39, 0.29) is 41.8 Å². The maximum absolute atomic E-state index is 11.7. The van der Waals surface area contributed by atoms with Crippen LogP contribution in [0.4, 0.5) is 0 Å². The quantitative estimate of drug-likeness (QED) is 0.368. The van der Waals surface area contributed by atoms with Gasteiger partial charge >= 0.3 is 0 Å². The lowest BCUT2D eigenvalue weighted by Crippen LogP contribution is -2.31. The van der Waals surface area contributed by atoms with Crippen LogP contribution in [0.3, 0.4) is 0 Å². The van der Waals surface area contributed by atoms with Crippen LogP contribution < -0.4 is 10.6 Å². The molecule has 0 saturated carbocycles. The fourth-order valence-electron chi connectivity index (χ4n) is 2.62. The monoisotopic (exact) mass is 396 g/mol. The molecule has 0 aliphatic carbocycles. The van der Waals surface area contributed by atoms with Gasteiger partial charge in [0.05, 0.1) is 6.54 Å². The molecule has 0 unspecified atom stereocenters. The lowest BCUT2D eigenvalue weighted by Gasteiger charge is -2.07. The fourth-order valence-corrected chi connectivity index (χ4v) is 2.62. The smallest absolute Gasteiger partial charge is 0.220 e. The summed E-state index contributed by atoms with van der Waals surface area (Å²) in [6.07, 6.45) is 8.05. The lowest BCUT2D eigenvalue weighted by atomic mass is 10.0. The molecule has 0 aromatic carbocycles. The van der Waals surface area contributed by atoms with Gasteiger partial charge in [0.1, 0.15) is 5.78 Å². The van der Waals surface area contributed by atoms with E-state index < -0.39 is 0 Å². The van der Waals surface area contributed by atoms with Gasteiger partial charge in [-0.15, -0.1) is 0 Å². The van der Waals surface area contributed by atoms with E-state index in [2.05, 4.69) is 10.6 Å². The Morgan fingerprint density at radius 1 is 0.571 bits per heavy atom. The zero-order chi connectivity index (χ0) is 21.4. The van der Waals surface area contributed by atoms with Gasteiger partial charge in [0, 0.05) is 37.6 Å². The summed E-state index contributed by atoms with van der Waals surface area (Å²) in [5, 5.41) is 5.54. The van der Waals surface area contributed by atoms with Gasteiger partial charge in [-0.2, -0.15) is 0 Å². The number of Topliss-reactive ketones (excluding diaryl/α,β-unsaturated/α-hetero) is 2. The second kappa shape index (κ2) is 16.3. The highest BCUT2D eigenvalue weighted by Crippen LogP contribution is 2.09. The fraction of sp³-hybridized carbons (Fsp3) is 0.818. The molecule has 0 bridgehead atoms. The molecule has 0 aliphatic rings. The van der Waals surface area contributed by atoms with Gasteiger partial charge in [-0.25, -0.2) is 0 Å². The normalized spacial score (nSPS) is 10.9. The molecule has 162 valence electrons. The molecule has 0 radical (unpaired) electrons. The third-order valence-corrected chi connectivity index (χ3v) is 4.73. The maximum Gasteiger partial charge on any atom is 0.220 e. The van der Waals surface area contributed by atoms with E-state index in [0.717, 1.165) is 38.5 Å². The minimum atomic E-state index is -0.0548. The molecular formula is C22H40N2O4. The number of ketones is 2. The largest absolute Gasteiger partial charge is 0.356 e. The summed E-state index contributed by atoms with van der Waals surface area (Å²) in [5.41, 5.74) is 0. The first-order valence-corrected chi connectivity index (χ1v) is 10.8. The molecule has 0 aromatic rings. The molecule has 6 heteroatoms. The van der Waals surface area contributed by atoms with E-state index in [4.69, 9.17) is 0 Å². The van der Waals surface area contributed by atoms with Gasteiger partial charge in [-0.3, -0.25) is 19.2 Å². The number of hydrogen-bond acceptors (Lipinski definition) is 4. The van der Waals surface area contributed by atoms with Gasteiger partial charge in [0.15, 0.2) is 5.78 Å². The molecule has 0 spiro atoms. The Kier molecular flexibility index (Phi) is 15.3. The molecule has 2 amide bonds. The Labute approximate surface area is 170 Å². The Hall–Kier alpha value is -1.72. The molecule has 2 N–H and O–H groups in total. The second-order valence-corrected chi connectivity index (χ2v) is 8.09. The SMILES string of the molecule is CC(C)C(=O)CCCNC(=O)CCCCCCCCC(=O)NCC(=O)C(C)C. The summed E-state index contributed by atoms with van der Waals surface area (Å²) in [7, 11) is 0. The van der Waals surface area contributed by atoms with Crippen LogP contribution in [0.5, 0.6) is 0 Å². The topological polar surface area (TPSA) is 92.3 Å². The third kappa shape index (κ3) is 15.3. The average molecular weight is 397 g/mol. The molecule has 0 aliphatic heterocycles. The van der Waals surface area contributed by atoms with Crippen molar-refractivity contribution in [3.8, 4) is 0 Å². The molecule has 0 fully saturated rings. The minimum absolute atomic E-state index is 0.0449. The lowest BCUT2D eigenvalue weighted by molar-refractivity contribution is -0.126. The molecule has 0 saturated heterocycles. The number of carbonyl (C=O) groups is 4. The number of amides is 2.